The van der Waals surface area contributed by atoms with Crippen LogP contribution in [0.5, 0.6) is 0 Å². The van der Waals surface area contributed by atoms with Gasteiger partial charge in [0.2, 0.25) is 0 Å². The summed E-state index contributed by atoms with van der Waals surface area (Å²) in [5.74, 6) is 0.749. The molecule has 0 unspecified atom stereocenters. The number of benzene rings is 1. The normalized spacial score (nSPS) is 10.9. The second-order valence-corrected chi connectivity index (χ2v) is 4.77. The number of hydrogen-bond acceptors (Lipinski definition) is 4. The second kappa shape index (κ2) is 5.35. The molecule has 0 saturated carbocycles. The van der Waals surface area contributed by atoms with Gasteiger partial charge in [0.25, 0.3) is 0 Å². The minimum absolute atomic E-state index is 0.595. The molecule has 0 bridgehead atoms. The average molecular weight is 264 g/mol. The van der Waals surface area contributed by atoms with Crippen molar-refractivity contribution in [2.45, 2.75) is 13.3 Å². The Morgan fingerprint density at radius 3 is 2.85 bits per heavy atom. The van der Waals surface area contributed by atoms with Crippen LogP contribution in [0.15, 0.2) is 42.6 Å². The number of nitrogens with zero attached hydrogens (tertiary/aromatic N) is 3. The van der Waals surface area contributed by atoms with Crippen molar-refractivity contribution in [2.75, 3.05) is 6.54 Å². The first-order chi connectivity index (χ1) is 9.76. The van der Waals surface area contributed by atoms with Gasteiger partial charge >= 0.3 is 0 Å². The van der Waals surface area contributed by atoms with Crippen LogP contribution in [0.4, 0.5) is 0 Å². The molecule has 0 atom stereocenters. The van der Waals surface area contributed by atoms with Gasteiger partial charge in [-0.3, -0.25) is 4.98 Å². The van der Waals surface area contributed by atoms with E-state index in [2.05, 4.69) is 21.0 Å². The summed E-state index contributed by atoms with van der Waals surface area (Å²) in [5.41, 5.74) is 9.54. The Morgan fingerprint density at radius 2 is 2.00 bits per heavy atom. The third-order valence-corrected chi connectivity index (χ3v) is 3.17. The number of pyridine rings is 1. The van der Waals surface area contributed by atoms with E-state index in [1.165, 1.54) is 0 Å². The number of aryl methyl sites for hydroxylation is 1. The van der Waals surface area contributed by atoms with Gasteiger partial charge in [0.1, 0.15) is 0 Å². The Morgan fingerprint density at radius 1 is 1.10 bits per heavy atom. The lowest BCUT2D eigenvalue weighted by Crippen LogP contribution is -2.06. The van der Waals surface area contributed by atoms with Crippen molar-refractivity contribution in [1.82, 2.24) is 15.0 Å². The molecule has 2 heterocycles. The summed E-state index contributed by atoms with van der Waals surface area (Å²) < 4.78 is 0. The summed E-state index contributed by atoms with van der Waals surface area (Å²) in [6.45, 7) is 2.57. The topological polar surface area (TPSA) is 64.7 Å². The molecule has 0 amide bonds. The van der Waals surface area contributed by atoms with Crippen LogP contribution in [0.25, 0.3) is 22.3 Å². The zero-order valence-electron chi connectivity index (χ0n) is 11.4. The third kappa shape index (κ3) is 2.51. The van der Waals surface area contributed by atoms with Crippen molar-refractivity contribution < 1.29 is 0 Å². The maximum atomic E-state index is 5.61. The van der Waals surface area contributed by atoms with Gasteiger partial charge in [-0.25, -0.2) is 9.97 Å². The van der Waals surface area contributed by atoms with Crippen LogP contribution in [-0.2, 0) is 6.42 Å². The van der Waals surface area contributed by atoms with Crippen molar-refractivity contribution in [3.8, 4) is 11.4 Å². The Labute approximate surface area is 117 Å². The zero-order valence-corrected chi connectivity index (χ0v) is 11.4. The summed E-state index contributed by atoms with van der Waals surface area (Å²) >= 11 is 0. The molecule has 100 valence electrons. The molecule has 4 nitrogen and oxygen atoms in total. The van der Waals surface area contributed by atoms with Gasteiger partial charge in [0.05, 0.1) is 5.52 Å². The monoisotopic (exact) mass is 264 g/mol. The van der Waals surface area contributed by atoms with E-state index < -0.39 is 0 Å². The number of nitrogens with two attached hydrogens (primary N) is 1. The smallest absolute Gasteiger partial charge is 0.159 e. The molecule has 1 aromatic carbocycles. The number of rotatable bonds is 3. The van der Waals surface area contributed by atoms with E-state index in [1.807, 2.05) is 37.3 Å². The predicted molar refractivity (Wildman–Crippen MR) is 80.3 cm³/mol. The highest BCUT2D eigenvalue weighted by molar-refractivity contribution is 5.83. The van der Waals surface area contributed by atoms with Crippen LogP contribution < -0.4 is 5.73 Å². The van der Waals surface area contributed by atoms with Crippen LogP contribution in [0.1, 0.15) is 11.4 Å². The van der Waals surface area contributed by atoms with Crippen LogP contribution in [0.3, 0.4) is 0 Å². The average Bonchev–Trinajstić information content (AvgIpc) is 2.46. The molecular weight excluding hydrogens is 248 g/mol. The molecule has 0 aliphatic carbocycles. The Hall–Kier alpha value is -2.33. The molecule has 4 heteroatoms. The summed E-state index contributed by atoms with van der Waals surface area (Å²) in [6, 6.07) is 12.0. The van der Waals surface area contributed by atoms with Gasteiger partial charge in [-0.1, -0.05) is 6.07 Å². The quantitative estimate of drug-likeness (QED) is 0.789. The van der Waals surface area contributed by atoms with E-state index in [9.17, 15) is 0 Å². The first kappa shape index (κ1) is 12.7. The zero-order chi connectivity index (χ0) is 13.9. The van der Waals surface area contributed by atoms with E-state index >= 15 is 0 Å². The van der Waals surface area contributed by atoms with Gasteiger partial charge in [-0.05, 0) is 43.8 Å². The van der Waals surface area contributed by atoms with E-state index in [1.54, 1.807) is 6.20 Å². The fraction of sp³-hybridized carbons (Fsp3) is 0.188. The highest BCUT2D eigenvalue weighted by Gasteiger charge is 2.06. The number of aromatic nitrogens is 3. The second-order valence-electron chi connectivity index (χ2n) is 4.77. The molecular formula is C16H16N4. The summed E-state index contributed by atoms with van der Waals surface area (Å²) in [6.07, 6.45) is 2.57. The molecule has 2 aromatic heterocycles. The molecule has 3 rings (SSSR count). The molecule has 3 aromatic rings. The lowest BCUT2D eigenvalue weighted by atomic mass is 10.1. The summed E-state index contributed by atoms with van der Waals surface area (Å²) in [7, 11) is 0. The van der Waals surface area contributed by atoms with Crippen molar-refractivity contribution in [3.63, 3.8) is 0 Å². The molecule has 20 heavy (non-hydrogen) atoms. The van der Waals surface area contributed by atoms with Crippen LogP contribution in [0, 0.1) is 6.92 Å². The highest BCUT2D eigenvalue weighted by Crippen LogP contribution is 2.21. The fourth-order valence-electron chi connectivity index (χ4n) is 2.25. The molecule has 0 aliphatic rings. The molecule has 0 spiro atoms. The number of fused-ring (bicyclic) bond motifs is 1. The van der Waals surface area contributed by atoms with Gasteiger partial charge in [-0.2, -0.15) is 0 Å². The minimum Gasteiger partial charge on any atom is -0.330 e. The highest BCUT2D eigenvalue weighted by atomic mass is 14.9. The molecule has 2 N–H and O–H groups in total. The van der Waals surface area contributed by atoms with Crippen molar-refractivity contribution in [1.29, 1.82) is 0 Å². The summed E-state index contributed by atoms with van der Waals surface area (Å²) in [4.78, 5) is 13.4. The Kier molecular flexibility index (Phi) is 3.39. The maximum Gasteiger partial charge on any atom is 0.159 e. The number of hydrogen-bond donors (Lipinski definition) is 1. The van der Waals surface area contributed by atoms with Crippen molar-refractivity contribution in [3.05, 3.63) is 54.0 Å². The van der Waals surface area contributed by atoms with Crippen LogP contribution >= 0.6 is 0 Å². The van der Waals surface area contributed by atoms with Gasteiger partial charge < -0.3 is 5.73 Å². The molecule has 0 radical (unpaired) electrons. The standard InChI is InChI=1S/C16H16N4/c1-11-9-14(6-7-17)20-16(19-11)13-4-5-15-12(10-13)3-2-8-18-15/h2-5,8-10H,6-7,17H2,1H3. The molecule has 0 saturated heterocycles. The van der Waals surface area contributed by atoms with Gasteiger partial charge in [0.15, 0.2) is 5.82 Å². The Bertz CT molecular complexity index is 752. The predicted octanol–water partition coefficient (Wildman–Crippen LogP) is 2.50. The van der Waals surface area contributed by atoms with Crippen molar-refractivity contribution >= 4 is 10.9 Å². The first-order valence-electron chi connectivity index (χ1n) is 6.66. The van der Waals surface area contributed by atoms with Crippen molar-refractivity contribution in [2.24, 2.45) is 5.73 Å². The maximum absolute atomic E-state index is 5.61. The SMILES string of the molecule is Cc1cc(CCN)nc(-c2ccc3ncccc3c2)n1. The van der Waals surface area contributed by atoms with E-state index in [0.29, 0.717) is 6.54 Å². The van der Waals surface area contributed by atoms with Gasteiger partial charge in [-0.15, -0.1) is 0 Å². The fourth-order valence-corrected chi connectivity index (χ4v) is 2.25. The van der Waals surface area contributed by atoms with Crippen LogP contribution in [-0.4, -0.2) is 21.5 Å². The first-order valence-corrected chi connectivity index (χ1v) is 6.66. The van der Waals surface area contributed by atoms with Crippen LogP contribution in [0.2, 0.25) is 0 Å². The van der Waals surface area contributed by atoms with Gasteiger partial charge in [0, 0.05) is 35.0 Å². The largest absolute Gasteiger partial charge is 0.330 e. The van der Waals surface area contributed by atoms with E-state index in [0.717, 1.165) is 40.1 Å². The molecule has 0 aliphatic heterocycles. The minimum atomic E-state index is 0.595. The molecule has 0 fully saturated rings. The lowest BCUT2D eigenvalue weighted by molar-refractivity contribution is 0.905. The van der Waals surface area contributed by atoms with E-state index in [4.69, 9.17) is 5.73 Å². The lowest BCUT2D eigenvalue weighted by Gasteiger charge is -2.06. The summed E-state index contributed by atoms with van der Waals surface area (Å²) in [5, 5.41) is 1.09. The third-order valence-electron chi connectivity index (χ3n) is 3.17. The Balaban J connectivity index is 2.10. The van der Waals surface area contributed by atoms with E-state index in [-0.39, 0.29) is 0 Å².